The van der Waals surface area contributed by atoms with Crippen LogP contribution in [0.3, 0.4) is 0 Å². The molecular weight excluding hydrogens is 492 g/mol. The molecule has 0 aromatic heterocycles. The molecule has 0 saturated heterocycles. The Morgan fingerprint density at radius 3 is 1.37 bits per heavy atom. The third-order valence-corrected chi connectivity index (χ3v) is 7.05. The molecule has 1 atom stereocenters. The van der Waals surface area contributed by atoms with Gasteiger partial charge in [0.05, 0.1) is 10.2 Å². The maximum atomic E-state index is 9.66. The molecule has 4 heteroatoms. The third-order valence-electron chi connectivity index (χ3n) is 5.78. The zero-order chi connectivity index (χ0) is 27.0. The van der Waals surface area contributed by atoms with Crippen molar-refractivity contribution >= 4 is 30.5 Å². The minimum atomic E-state index is 0.406. The molecule has 1 aliphatic carbocycles. The smallest absolute Gasteiger partial charge is 0.171 e. The number of phenols is 1. The van der Waals surface area contributed by atoms with Gasteiger partial charge < -0.3 is 5.11 Å². The summed E-state index contributed by atoms with van der Waals surface area (Å²) in [6.07, 6.45) is 3.27. The first-order chi connectivity index (χ1) is 16.6. The van der Waals surface area contributed by atoms with Gasteiger partial charge in [-0.15, -0.1) is 6.92 Å². The van der Waals surface area contributed by atoms with Gasteiger partial charge in [0.25, 0.3) is 0 Å². The van der Waals surface area contributed by atoms with Gasteiger partial charge in [-0.1, -0.05) is 25.0 Å². The molecule has 35 heavy (non-hydrogen) atoms. The SMILES string of the molecule is CC1=C(C)C(C)[C-]=C1[Si].Cc1c(C)c(O)c(C)c([Si])c1C.[CH2]=[Ti].[c-]1ccccc1.[c-]1ccccc1. The molecule has 0 amide bonds. The van der Waals surface area contributed by atoms with E-state index in [1.807, 2.05) is 81.4 Å². The zero-order valence-electron chi connectivity index (χ0n) is 22.0. The van der Waals surface area contributed by atoms with Crippen molar-refractivity contribution in [3.63, 3.8) is 0 Å². The minimum Gasteiger partial charge on any atom is -0.184 e. The van der Waals surface area contributed by atoms with Crippen LogP contribution in [-0.4, -0.2) is 30.4 Å². The van der Waals surface area contributed by atoms with Crippen molar-refractivity contribution < 1.29 is 25.1 Å². The average molecular weight is 528 g/mol. The largest absolute Gasteiger partial charge is 0.184 e. The Labute approximate surface area is 232 Å². The van der Waals surface area contributed by atoms with Crippen LogP contribution in [0.25, 0.3) is 0 Å². The fourth-order valence-electron chi connectivity index (χ4n) is 2.97. The number of phenolic OH excluding ortho intramolecular Hbond substituents is 1. The minimum absolute atomic E-state index is 0.406. The predicted molar refractivity (Wildman–Crippen MR) is 150 cm³/mol. The normalized spacial score (nSPS) is 13.4. The van der Waals surface area contributed by atoms with Gasteiger partial charge in [-0.25, -0.2) is 10.8 Å². The number of rotatable bonds is 0. The summed E-state index contributed by atoms with van der Waals surface area (Å²) < 4.78 is 0. The van der Waals surface area contributed by atoms with E-state index in [0.717, 1.165) is 27.1 Å². The molecule has 0 spiro atoms. The molecule has 3 aromatic carbocycles. The van der Waals surface area contributed by atoms with Crippen LogP contribution in [0.1, 0.15) is 43.0 Å². The number of hydrogen-bond donors (Lipinski definition) is 1. The second kappa shape index (κ2) is 18.3. The zero-order valence-corrected chi connectivity index (χ0v) is 25.6. The number of hydrogen-bond acceptors (Lipinski definition) is 1. The van der Waals surface area contributed by atoms with E-state index < -0.39 is 0 Å². The first-order valence-corrected chi connectivity index (χ1v) is 13.4. The average Bonchev–Trinajstić information content (AvgIpc) is 3.14. The number of allylic oxidation sites excluding steroid dienone is 4. The van der Waals surface area contributed by atoms with E-state index in [4.69, 9.17) is 0 Å². The van der Waals surface area contributed by atoms with Crippen molar-refractivity contribution in [1.82, 2.24) is 0 Å². The van der Waals surface area contributed by atoms with Crippen LogP contribution in [0, 0.1) is 51.8 Å². The Bertz CT molecular complexity index is 884. The van der Waals surface area contributed by atoms with Crippen molar-refractivity contribution in [2.75, 3.05) is 0 Å². The quantitative estimate of drug-likeness (QED) is 0.273. The maximum absolute atomic E-state index is 9.66. The molecule has 180 valence electrons. The van der Waals surface area contributed by atoms with Gasteiger partial charge in [0.15, 0.2) is 0 Å². The fourth-order valence-corrected chi connectivity index (χ4v) is 3.69. The van der Waals surface area contributed by atoms with Gasteiger partial charge in [0.2, 0.25) is 0 Å². The van der Waals surface area contributed by atoms with Gasteiger partial charge in [0.1, 0.15) is 5.75 Å². The summed E-state index contributed by atoms with van der Waals surface area (Å²) >= 11 is 1.75. The topological polar surface area (TPSA) is 20.2 Å². The standard InChI is InChI=1S/C10H13OSi.C8H10Si.2C6H5.CH2.Ti/c1-5-6(2)9(11)8(4)10(12)7(5)3;1-5-4-8(9)7(3)6(5)2;2*1-2-4-6-5-3-1;;/h11H,1-4H3;5H,1-3H3;2*1-5H;1H2;/q;3*-1;;. The Hall–Kier alpha value is -2.04. The van der Waals surface area contributed by atoms with Crippen molar-refractivity contribution in [1.29, 1.82) is 0 Å². The molecule has 1 aliphatic rings. The van der Waals surface area contributed by atoms with Crippen LogP contribution >= 0.6 is 0 Å². The van der Waals surface area contributed by atoms with Gasteiger partial charge in [-0.3, -0.25) is 6.08 Å². The Balaban J connectivity index is 0.000000446. The van der Waals surface area contributed by atoms with Crippen LogP contribution in [0.4, 0.5) is 0 Å². The Kier molecular flexibility index (Phi) is 17.2. The third kappa shape index (κ3) is 11.5. The van der Waals surface area contributed by atoms with Gasteiger partial charge in [-0.2, -0.15) is 78.4 Å². The van der Waals surface area contributed by atoms with Crippen LogP contribution in [0.15, 0.2) is 77.0 Å². The van der Waals surface area contributed by atoms with E-state index in [0.29, 0.717) is 11.7 Å². The summed E-state index contributed by atoms with van der Waals surface area (Å²) in [5.74, 6) is 0.917. The number of aromatic hydroxyl groups is 1. The van der Waals surface area contributed by atoms with Crippen molar-refractivity contribution in [2.45, 2.75) is 48.5 Å². The van der Waals surface area contributed by atoms with Crippen molar-refractivity contribution in [3.05, 3.63) is 117 Å². The maximum Gasteiger partial charge on any atom is -0.171 e. The monoisotopic (exact) mass is 527 g/mol. The molecule has 0 aliphatic heterocycles. The summed E-state index contributed by atoms with van der Waals surface area (Å²) in [6, 6.07) is 25.0. The molecule has 3 aromatic rings. The molecule has 0 fully saturated rings. The fraction of sp³-hybridized carbons (Fsp3) is 0.258. The molecule has 1 N–H and O–H groups in total. The van der Waals surface area contributed by atoms with Crippen LogP contribution in [-0.2, 0) is 20.0 Å². The van der Waals surface area contributed by atoms with Gasteiger partial charge in [-0.05, 0) is 49.9 Å². The summed E-state index contributed by atoms with van der Waals surface area (Å²) in [5.41, 5.74) is 7.04. The molecule has 0 bridgehead atoms. The van der Waals surface area contributed by atoms with E-state index in [2.05, 4.69) is 71.2 Å². The second-order valence-corrected chi connectivity index (χ2v) is 8.93. The summed E-state index contributed by atoms with van der Waals surface area (Å²) in [5, 5.41) is 11.8. The molecule has 6 radical (unpaired) electrons. The summed E-state index contributed by atoms with van der Waals surface area (Å²) in [7, 11) is 6.99. The van der Waals surface area contributed by atoms with E-state index in [9.17, 15) is 5.11 Å². The van der Waals surface area contributed by atoms with Crippen LogP contribution in [0.5, 0.6) is 5.75 Å². The van der Waals surface area contributed by atoms with E-state index in [-0.39, 0.29) is 0 Å². The predicted octanol–water partition coefficient (Wildman–Crippen LogP) is 6.19. The van der Waals surface area contributed by atoms with Gasteiger partial charge in [0, 0.05) is 10.2 Å². The second-order valence-electron chi connectivity index (χ2n) is 7.93. The van der Waals surface area contributed by atoms with Crippen molar-refractivity contribution in [2.24, 2.45) is 5.92 Å². The van der Waals surface area contributed by atoms with E-state index in [1.54, 1.807) is 20.0 Å². The molecule has 4 rings (SSSR count). The Morgan fingerprint density at radius 2 is 1.14 bits per heavy atom. The molecule has 0 heterocycles. The molecule has 0 saturated carbocycles. The molecule has 1 nitrogen and oxygen atoms in total. The first-order valence-electron chi connectivity index (χ1n) is 11.3. The molecule has 1 unspecified atom stereocenters. The summed E-state index contributed by atoms with van der Waals surface area (Å²) in [6.45, 7) is 14.4. The van der Waals surface area contributed by atoms with Gasteiger partial charge >= 0.3 is 24.8 Å². The van der Waals surface area contributed by atoms with Crippen LogP contribution < -0.4 is 5.19 Å². The molecular formula is C31H35OSi2Ti-3. The first kappa shape index (κ1) is 33.0. The van der Waals surface area contributed by atoms with Crippen LogP contribution in [0.2, 0.25) is 0 Å². The van der Waals surface area contributed by atoms with Crippen molar-refractivity contribution in [3.8, 4) is 5.75 Å². The van der Waals surface area contributed by atoms with E-state index >= 15 is 0 Å². The summed E-state index contributed by atoms with van der Waals surface area (Å²) in [4.78, 5) is 3.25. The number of benzene rings is 3. The Morgan fingerprint density at radius 1 is 0.714 bits per heavy atom. The van der Waals surface area contributed by atoms with E-state index in [1.165, 1.54) is 16.7 Å².